The van der Waals surface area contributed by atoms with E-state index < -0.39 is 0 Å². The normalized spacial score (nSPS) is 10.4. The average Bonchev–Trinajstić information content (AvgIpc) is 2.12. The quantitative estimate of drug-likeness (QED) is 0.697. The van der Waals surface area contributed by atoms with Gasteiger partial charge in [-0.15, -0.1) is 0 Å². The van der Waals surface area contributed by atoms with Crippen LogP contribution in [-0.4, -0.2) is 4.98 Å². The van der Waals surface area contributed by atoms with Crippen LogP contribution < -0.4 is 5.73 Å². The molecule has 0 fully saturated rings. The van der Waals surface area contributed by atoms with Gasteiger partial charge in [0.2, 0.25) is 0 Å². The highest BCUT2D eigenvalue weighted by Gasteiger charge is 2.00. The number of hydrogen-bond acceptors (Lipinski definition) is 2. The van der Waals surface area contributed by atoms with Gasteiger partial charge >= 0.3 is 0 Å². The number of fused-ring (bicyclic) bond motifs is 1. The Morgan fingerprint density at radius 3 is 2.92 bits per heavy atom. The van der Waals surface area contributed by atoms with Gasteiger partial charge in [0.1, 0.15) is 0 Å². The van der Waals surface area contributed by atoms with Crippen molar-refractivity contribution in [3.05, 3.63) is 35.1 Å². The van der Waals surface area contributed by atoms with Crippen molar-refractivity contribution in [3.8, 4) is 0 Å². The van der Waals surface area contributed by atoms with Crippen LogP contribution >= 0.6 is 15.9 Å². The van der Waals surface area contributed by atoms with Crippen molar-refractivity contribution in [2.45, 2.75) is 0 Å². The summed E-state index contributed by atoms with van der Waals surface area (Å²) < 4.78 is 0.932. The number of pyridine rings is 1. The maximum Gasteiger partial charge on any atom is 0.0539 e. The lowest BCUT2D eigenvalue weighted by Crippen LogP contribution is -1.88. The average molecular weight is 223 g/mol. The first-order chi connectivity index (χ1) is 5.79. The fourth-order valence-corrected chi connectivity index (χ4v) is 1.51. The summed E-state index contributed by atoms with van der Waals surface area (Å²) in [5.74, 6) is 0. The molecule has 2 aromatic rings. The number of nitrogen functional groups attached to an aromatic ring is 1. The minimum Gasteiger partial charge on any atom is -0.397 e. The van der Waals surface area contributed by atoms with Crippen LogP contribution in [0.1, 0.15) is 0 Å². The van der Waals surface area contributed by atoms with Crippen LogP contribution in [0.3, 0.4) is 0 Å². The molecule has 0 amide bonds. The number of benzene rings is 1. The molecule has 1 aromatic heterocycles. The predicted octanol–water partition coefficient (Wildman–Crippen LogP) is 2.58. The second kappa shape index (κ2) is 2.75. The number of nitrogens with two attached hydrogens (primary N) is 1. The van der Waals surface area contributed by atoms with Gasteiger partial charge in [-0.2, -0.15) is 0 Å². The van der Waals surface area contributed by atoms with E-state index in [9.17, 15) is 0 Å². The van der Waals surface area contributed by atoms with Crippen LogP contribution in [-0.2, 0) is 0 Å². The van der Waals surface area contributed by atoms with Crippen molar-refractivity contribution >= 4 is 32.4 Å². The Hall–Kier alpha value is -1.09. The SMILES string of the molecule is Nc1c(Br)ccc2cnccc12. The smallest absolute Gasteiger partial charge is 0.0539 e. The molecular formula is C9H7BrN2. The fourth-order valence-electron chi connectivity index (χ4n) is 1.17. The van der Waals surface area contributed by atoms with E-state index in [1.54, 1.807) is 12.4 Å². The molecule has 3 heteroatoms. The molecule has 0 aliphatic rings. The highest BCUT2D eigenvalue weighted by molar-refractivity contribution is 9.10. The van der Waals surface area contributed by atoms with Crippen molar-refractivity contribution in [1.82, 2.24) is 4.98 Å². The van der Waals surface area contributed by atoms with Crippen LogP contribution in [0.5, 0.6) is 0 Å². The predicted molar refractivity (Wildman–Crippen MR) is 53.9 cm³/mol. The molecule has 12 heavy (non-hydrogen) atoms. The van der Waals surface area contributed by atoms with E-state index in [4.69, 9.17) is 5.73 Å². The molecular weight excluding hydrogens is 216 g/mol. The van der Waals surface area contributed by atoms with Crippen LogP contribution in [0, 0.1) is 0 Å². The molecule has 0 bridgehead atoms. The topological polar surface area (TPSA) is 38.9 Å². The second-order valence-electron chi connectivity index (χ2n) is 2.56. The first-order valence-corrected chi connectivity index (χ1v) is 4.36. The molecule has 0 spiro atoms. The van der Waals surface area contributed by atoms with E-state index in [1.807, 2.05) is 18.2 Å². The monoisotopic (exact) mass is 222 g/mol. The highest BCUT2D eigenvalue weighted by atomic mass is 79.9. The molecule has 0 saturated carbocycles. The summed E-state index contributed by atoms with van der Waals surface area (Å²) in [5, 5.41) is 2.11. The Labute approximate surface area is 78.5 Å². The van der Waals surface area contributed by atoms with Crippen LogP contribution in [0.2, 0.25) is 0 Å². The van der Waals surface area contributed by atoms with Crippen molar-refractivity contribution in [1.29, 1.82) is 0 Å². The molecule has 0 radical (unpaired) electrons. The van der Waals surface area contributed by atoms with Gasteiger partial charge < -0.3 is 5.73 Å². The maximum atomic E-state index is 5.84. The maximum absolute atomic E-state index is 5.84. The number of halogens is 1. The summed E-state index contributed by atoms with van der Waals surface area (Å²) in [5.41, 5.74) is 6.62. The number of aromatic nitrogens is 1. The van der Waals surface area contributed by atoms with Gasteiger partial charge in [0.25, 0.3) is 0 Å². The summed E-state index contributed by atoms with van der Waals surface area (Å²) >= 11 is 3.37. The van der Waals surface area contributed by atoms with E-state index in [0.29, 0.717) is 0 Å². The number of rotatable bonds is 0. The van der Waals surface area contributed by atoms with Gasteiger partial charge in [-0.25, -0.2) is 0 Å². The molecule has 2 nitrogen and oxygen atoms in total. The first-order valence-electron chi connectivity index (χ1n) is 3.57. The molecule has 1 heterocycles. The zero-order valence-electron chi connectivity index (χ0n) is 6.29. The van der Waals surface area contributed by atoms with Gasteiger partial charge in [0.05, 0.1) is 5.69 Å². The highest BCUT2D eigenvalue weighted by Crippen LogP contribution is 2.27. The largest absolute Gasteiger partial charge is 0.397 e. The third-order valence-electron chi connectivity index (χ3n) is 1.81. The van der Waals surface area contributed by atoms with Gasteiger partial charge in [-0.1, -0.05) is 6.07 Å². The number of nitrogens with zero attached hydrogens (tertiary/aromatic N) is 1. The van der Waals surface area contributed by atoms with Crippen LogP contribution in [0.25, 0.3) is 10.8 Å². The van der Waals surface area contributed by atoms with Gasteiger partial charge in [0.15, 0.2) is 0 Å². The van der Waals surface area contributed by atoms with Gasteiger partial charge in [0, 0.05) is 27.6 Å². The van der Waals surface area contributed by atoms with E-state index >= 15 is 0 Å². The molecule has 0 unspecified atom stereocenters. The molecule has 60 valence electrons. The molecule has 0 aliphatic carbocycles. The van der Waals surface area contributed by atoms with Crippen molar-refractivity contribution in [2.24, 2.45) is 0 Å². The Balaban J connectivity index is 2.91. The standard InChI is InChI=1S/C9H7BrN2/c10-8-2-1-6-5-12-4-3-7(6)9(8)11/h1-5H,11H2. The zero-order chi connectivity index (χ0) is 8.55. The van der Waals surface area contributed by atoms with Crippen molar-refractivity contribution in [3.63, 3.8) is 0 Å². The molecule has 2 N–H and O–H groups in total. The molecule has 0 atom stereocenters. The van der Waals surface area contributed by atoms with E-state index in [-0.39, 0.29) is 0 Å². The van der Waals surface area contributed by atoms with E-state index in [2.05, 4.69) is 20.9 Å². The van der Waals surface area contributed by atoms with Crippen molar-refractivity contribution in [2.75, 3.05) is 5.73 Å². The molecule has 0 aliphatic heterocycles. The molecule has 2 rings (SSSR count). The van der Waals surface area contributed by atoms with E-state index in [1.165, 1.54) is 0 Å². The summed E-state index contributed by atoms with van der Waals surface area (Å²) in [7, 11) is 0. The Bertz CT molecular complexity index is 426. The van der Waals surface area contributed by atoms with Gasteiger partial charge in [-0.3, -0.25) is 4.98 Å². The third-order valence-corrected chi connectivity index (χ3v) is 2.50. The Morgan fingerprint density at radius 1 is 1.25 bits per heavy atom. The first kappa shape index (κ1) is 7.55. The molecule has 0 saturated heterocycles. The van der Waals surface area contributed by atoms with Gasteiger partial charge in [-0.05, 0) is 28.1 Å². The number of hydrogen-bond donors (Lipinski definition) is 1. The fraction of sp³-hybridized carbons (Fsp3) is 0. The van der Waals surface area contributed by atoms with Crippen molar-refractivity contribution < 1.29 is 0 Å². The lowest BCUT2D eigenvalue weighted by molar-refractivity contribution is 1.36. The Kier molecular flexibility index (Phi) is 1.73. The summed E-state index contributed by atoms with van der Waals surface area (Å²) in [4.78, 5) is 4.01. The number of anilines is 1. The molecule has 1 aromatic carbocycles. The minimum absolute atomic E-state index is 0.773. The lowest BCUT2D eigenvalue weighted by Gasteiger charge is -2.02. The Morgan fingerprint density at radius 2 is 2.08 bits per heavy atom. The zero-order valence-corrected chi connectivity index (χ0v) is 7.88. The summed E-state index contributed by atoms with van der Waals surface area (Å²) in [6.07, 6.45) is 3.54. The summed E-state index contributed by atoms with van der Waals surface area (Å²) in [6, 6.07) is 5.83. The van der Waals surface area contributed by atoms with Crippen LogP contribution in [0.4, 0.5) is 5.69 Å². The second-order valence-corrected chi connectivity index (χ2v) is 3.41. The summed E-state index contributed by atoms with van der Waals surface area (Å²) in [6.45, 7) is 0. The van der Waals surface area contributed by atoms with Crippen LogP contribution in [0.15, 0.2) is 35.1 Å². The minimum atomic E-state index is 0.773. The third kappa shape index (κ3) is 1.06. The van der Waals surface area contributed by atoms with E-state index in [0.717, 1.165) is 20.9 Å². The lowest BCUT2D eigenvalue weighted by atomic mass is 10.1.